The fourth-order valence-corrected chi connectivity index (χ4v) is 1.81. The molecule has 0 atom stereocenters. The van der Waals surface area contributed by atoms with E-state index in [2.05, 4.69) is 15.3 Å². The number of rotatable bonds is 3. The van der Waals surface area contributed by atoms with E-state index in [0.29, 0.717) is 16.9 Å². The summed E-state index contributed by atoms with van der Waals surface area (Å²) in [6, 6.07) is 1.87. The van der Waals surface area contributed by atoms with Crippen LogP contribution in [0, 0.1) is 6.92 Å². The zero-order chi connectivity index (χ0) is 14.4. The van der Waals surface area contributed by atoms with Gasteiger partial charge in [0.1, 0.15) is 11.8 Å². The third-order valence-electron chi connectivity index (χ3n) is 2.49. The van der Waals surface area contributed by atoms with Gasteiger partial charge in [-0.3, -0.25) is 4.79 Å². The van der Waals surface area contributed by atoms with Gasteiger partial charge in [-0.05, 0) is 18.6 Å². The molecule has 0 unspecified atom stereocenters. The molecule has 19 heavy (non-hydrogen) atoms. The SMILES string of the molecule is CC.CC(=O)Nc1c[nH]c2c(C)cc(CC=O)nc12. The summed E-state index contributed by atoms with van der Waals surface area (Å²) in [5, 5.41) is 2.70. The van der Waals surface area contributed by atoms with E-state index in [-0.39, 0.29) is 12.3 Å². The summed E-state index contributed by atoms with van der Waals surface area (Å²) in [7, 11) is 0. The van der Waals surface area contributed by atoms with Gasteiger partial charge in [0, 0.05) is 25.2 Å². The minimum Gasteiger partial charge on any atom is -0.358 e. The van der Waals surface area contributed by atoms with Gasteiger partial charge in [0.15, 0.2) is 0 Å². The summed E-state index contributed by atoms with van der Waals surface area (Å²) in [4.78, 5) is 29.0. The van der Waals surface area contributed by atoms with Crippen molar-refractivity contribution in [1.29, 1.82) is 0 Å². The number of aldehydes is 1. The Morgan fingerprint density at radius 2 is 2.16 bits per heavy atom. The molecule has 102 valence electrons. The zero-order valence-corrected chi connectivity index (χ0v) is 11.7. The number of pyridine rings is 1. The summed E-state index contributed by atoms with van der Waals surface area (Å²) < 4.78 is 0. The van der Waals surface area contributed by atoms with E-state index in [1.807, 2.05) is 26.8 Å². The topological polar surface area (TPSA) is 74.8 Å². The molecule has 0 aliphatic rings. The molecule has 0 saturated carbocycles. The number of amides is 1. The fraction of sp³-hybridized carbons (Fsp3) is 0.357. The molecule has 0 bridgehead atoms. The predicted octanol–water partition coefficient (Wildman–Crippen LogP) is 2.60. The number of fused-ring (bicyclic) bond motifs is 1. The molecule has 0 aliphatic heterocycles. The van der Waals surface area contributed by atoms with Crippen molar-refractivity contribution >= 4 is 28.9 Å². The van der Waals surface area contributed by atoms with E-state index >= 15 is 0 Å². The van der Waals surface area contributed by atoms with Gasteiger partial charge in [0.2, 0.25) is 5.91 Å². The monoisotopic (exact) mass is 261 g/mol. The molecule has 0 aromatic carbocycles. The van der Waals surface area contributed by atoms with Crippen LogP contribution in [0.25, 0.3) is 11.0 Å². The number of hydrogen-bond acceptors (Lipinski definition) is 3. The van der Waals surface area contributed by atoms with Crippen molar-refractivity contribution in [2.45, 2.75) is 34.1 Å². The van der Waals surface area contributed by atoms with Gasteiger partial charge in [-0.1, -0.05) is 13.8 Å². The normalized spacial score (nSPS) is 9.68. The quantitative estimate of drug-likeness (QED) is 0.834. The highest BCUT2D eigenvalue weighted by atomic mass is 16.1. The van der Waals surface area contributed by atoms with Crippen molar-refractivity contribution in [3.05, 3.63) is 23.5 Å². The Hall–Kier alpha value is -2.17. The maximum absolute atomic E-state index is 11.0. The summed E-state index contributed by atoms with van der Waals surface area (Å²) in [6.07, 6.45) is 2.80. The average molecular weight is 261 g/mol. The molecule has 2 aromatic heterocycles. The number of carbonyl (C=O) groups is 2. The molecule has 2 aromatic rings. The average Bonchev–Trinajstić information content (AvgIpc) is 2.75. The molecule has 1 amide bonds. The van der Waals surface area contributed by atoms with Crippen LogP contribution < -0.4 is 5.32 Å². The van der Waals surface area contributed by atoms with Crippen LogP contribution in [0.5, 0.6) is 0 Å². The lowest BCUT2D eigenvalue weighted by Crippen LogP contribution is -2.05. The second-order valence-electron chi connectivity index (χ2n) is 3.91. The third-order valence-corrected chi connectivity index (χ3v) is 2.49. The van der Waals surface area contributed by atoms with Crippen LogP contribution in [0.2, 0.25) is 0 Å². The standard InChI is InChI=1S/C12H13N3O2.C2H6/c1-7-5-9(3-4-16)15-12-10(14-8(2)17)6-13-11(7)12;1-2/h4-6,13H,3H2,1-2H3,(H,14,17);1-2H3. The summed E-state index contributed by atoms with van der Waals surface area (Å²) >= 11 is 0. The van der Waals surface area contributed by atoms with Crippen LogP contribution in [0.15, 0.2) is 12.3 Å². The second kappa shape index (κ2) is 6.68. The lowest BCUT2D eigenvalue weighted by molar-refractivity contribution is -0.114. The molecule has 0 aliphatic carbocycles. The number of anilines is 1. The van der Waals surface area contributed by atoms with E-state index in [1.165, 1.54) is 6.92 Å². The van der Waals surface area contributed by atoms with Crippen molar-refractivity contribution in [2.75, 3.05) is 5.32 Å². The predicted molar refractivity (Wildman–Crippen MR) is 76.3 cm³/mol. The van der Waals surface area contributed by atoms with E-state index in [4.69, 9.17) is 0 Å². The number of carbonyl (C=O) groups excluding carboxylic acids is 2. The van der Waals surface area contributed by atoms with E-state index in [9.17, 15) is 9.59 Å². The number of H-pyrrole nitrogens is 1. The molecule has 0 radical (unpaired) electrons. The van der Waals surface area contributed by atoms with Gasteiger partial charge in [0.25, 0.3) is 0 Å². The van der Waals surface area contributed by atoms with Crippen molar-refractivity contribution < 1.29 is 9.59 Å². The summed E-state index contributed by atoms with van der Waals surface area (Å²) in [5.41, 5.74) is 3.92. The van der Waals surface area contributed by atoms with Crippen LogP contribution in [0.1, 0.15) is 32.0 Å². The minimum atomic E-state index is -0.147. The number of aromatic nitrogens is 2. The third kappa shape index (κ3) is 3.40. The Kier molecular flexibility index (Phi) is 5.23. The first kappa shape index (κ1) is 14.9. The minimum absolute atomic E-state index is 0.147. The van der Waals surface area contributed by atoms with Gasteiger partial charge < -0.3 is 15.1 Å². The number of aromatic amines is 1. The van der Waals surface area contributed by atoms with Gasteiger partial charge in [0.05, 0.1) is 11.2 Å². The maximum atomic E-state index is 11.0. The van der Waals surface area contributed by atoms with Crippen molar-refractivity contribution in [3.8, 4) is 0 Å². The molecule has 0 fully saturated rings. The lowest BCUT2D eigenvalue weighted by atomic mass is 10.2. The Bertz CT molecular complexity index is 588. The highest BCUT2D eigenvalue weighted by Gasteiger charge is 2.10. The number of nitrogens with one attached hydrogen (secondary N) is 2. The lowest BCUT2D eigenvalue weighted by Gasteiger charge is -2.02. The molecule has 0 saturated heterocycles. The van der Waals surface area contributed by atoms with Crippen molar-refractivity contribution in [1.82, 2.24) is 9.97 Å². The first-order chi connectivity index (χ1) is 9.11. The van der Waals surface area contributed by atoms with Gasteiger partial charge in [-0.15, -0.1) is 0 Å². The Balaban J connectivity index is 0.000000861. The van der Waals surface area contributed by atoms with E-state index in [0.717, 1.165) is 17.4 Å². The smallest absolute Gasteiger partial charge is 0.221 e. The van der Waals surface area contributed by atoms with Crippen LogP contribution in [0.3, 0.4) is 0 Å². The van der Waals surface area contributed by atoms with Crippen LogP contribution in [-0.2, 0) is 16.0 Å². The van der Waals surface area contributed by atoms with E-state index < -0.39 is 0 Å². The highest BCUT2D eigenvalue weighted by molar-refractivity contribution is 5.99. The molecule has 2 N–H and O–H groups in total. The maximum Gasteiger partial charge on any atom is 0.221 e. The van der Waals surface area contributed by atoms with Crippen LogP contribution in [-0.4, -0.2) is 22.2 Å². The van der Waals surface area contributed by atoms with Crippen molar-refractivity contribution in [3.63, 3.8) is 0 Å². The molecule has 2 heterocycles. The Morgan fingerprint density at radius 3 is 2.74 bits per heavy atom. The molecular weight excluding hydrogens is 242 g/mol. The van der Waals surface area contributed by atoms with Gasteiger partial charge >= 0.3 is 0 Å². The van der Waals surface area contributed by atoms with Crippen LogP contribution in [0.4, 0.5) is 5.69 Å². The molecule has 0 spiro atoms. The first-order valence-corrected chi connectivity index (χ1v) is 6.30. The second-order valence-corrected chi connectivity index (χ2v) is 3.91. The van der Waals surface area contributed by atoms with Crippen LogP contribution >= 0.6 is 0 Å². The first-order valence-electron chi connectivity index (χ1n) is 6.30. The number of aryl methyl sites for hydroxylation is 1. The highest BCUT2D eigenvalue weighted by Crippen LogP contribution is 2.24. The van der Waals surface area contributed by atoms with Crippen molar-refractivity contribution in [2.24, 2.45) is 0 Å². The largest absolute Gasteiger partial charge is 0.358 e. The molecule has 2 rings (SSSR count). The van der Waals surface area contributed by atoms with Gasteiger partial charge in [-0.25, -0.2) is 4.98 Å². The Morgan fingerprint density at radius 1 is 1.47 bits per heavy atom. The summed E-state index contributed by atoms with van der Waals surface area (Å²) in [6.45, 7) is 7.38. The molecule has 5 nitrogen and oxygen atoms in total. The molecular formula is C14H19N3O2. The molecule has 5 heteroatoms. The van der Waals surface area contributed by atoms with Gasteiger partial charge in [-0.2, -0.15) is 0 Å². The van der Waals surface area contributed by atoms with E-state index in [1.54, 1.807) is 6.20 Å². The fourth-order valence-electron chi connectivity index (χ4n) is 1.81. The zero-order valence-electron chi connectivity index (χ0n) is 11.7. The summed E-state index contributed by atoms with van der Waals surface area (Å²) in [5.74, 6) is -0.147. The Labute approximate surface area is 112 Å². The number of nitrogens with zero attached hydrogens (tertiary/aromatic N) is 1. The number of hydrogen-bond donors (Lipinski definition) is 2.